The van der Waals surface area contributed by atoms with E-state index in [-0.39, 0.29) is 17.9 Å². The molecule has 0 N–H and O–H groups in total. The second-order valence-corrected chi connectivity index (χ2v) is 10.5. The van der Waals surface area contributed by atoms with Gasteiger partial charge in [-0.3, -0.25) is 0 Å². The van der Waals surface area contributed by atoms with Gasteiger partial charge in [-0.25, -0.2) is 0 Å². The van der Waals surface area contributed by atoms with Gasteiger partial charge in [-0.1, -0.05) is 127 Å². The summed E-state index contributed by atoms with van der Waals surface area (Å²) >= 11 is 0. The van der Waals surface area contributed by atoms with Crippen LogP contribution in [-0.2, 0) is 6.18 Å². The Kier molecular flexibility index (Phi) is 13.4. The molecule has 0 heterocycles. The lowest BCUT2D eigenvalue weighted by atomic mass is 9.91. The molecule has 2 nitrogen and oxygen atoms in total. The third-order valence-electron chi connectivity index (χ3n) is 7.19. The molecule has 0 aliphatic heterocycles. The fourth-order valence-corrected chi connectivity index (χ4v) is 5.03. The van der Waals surface area contributed by atoms with Crippen LogP contribution in [0.1, 0.15) is 96.5 Å². The maximum atomic E-state index is 14.5. The number of unbranched alkanes of at least 4 members (excludes halogenated alkanes) is 10. The summed E-state index contributed by atoms with van der Waals surface area (Å²) in [6, 6.07) is 19.5. The number of alkyl halides is 3. The summed E-state index contributed by atoms with van der Waals surface area (Å²) in [6.07, 6.45) is 8.84. The van der Waals surface area contributed by atoms with Gasteiger partial charge >= 0.3 is 6.18 Å². The molecular weight excluding hydrogens is 509 g/mol. The second kappa shape index (κ2) is 17.0. The van der Waals surface area contributed by atoms with Gasteiger partial charge in [0.25, 0.3) is 0 Å². The zero-order valence-electron chi connectivity index (χ0n) is 24.2. The number of halogens is 3. The molecule has 0 spiro atoms. The quantitative estimate of drug-likeness (QED) is 0.146. The van der Waals surface area contributed by atoms with Gasteiger partial charge in [-0.2, -0.15) is 13.2 Å². The van der Waals surface area contributed by atoms with Crippen LogP contribution in [0.3, 0.4) is 0 Å². The zero-order chi connectivity index (χ0) is 28.6. The van der Waals surface area contributed by atoms with E-state index in [1.807, 2.05) is 36.4 Å². The fraction of sp³-hybridized carbons (Fsp3) is 0.486. The average molecular weight is 555 g/mol. The third-order valence-corrected chi connectivity index (χ3v) is 7.19. The van der Waals surface area contributed by atoms with E-state index >= 15 is 0 Å². The molecule has 0 aliphatic rings. The van der Waals surface area contributed by atoms with Crippen molar-refractivity contribution in [2.24, 2.45) is 0 Å². The van der Waals surface area contributed by atoms with Crippen molar-refractivity contribution in [2.45, 2.75) is 97.1 Å². The second-order valence-electron chi connectivity index (χ2n) is 10.5. The Morgan fingerprint density at radius 3 is 1.75 bits per heavy atom. The highest BCUT2D eigenvalue weighted by atomic mass is 19.4. The summed E-state index contributed by atoms with van der Waals surface area (Å²) in [7, 11) is 0. The lowest BCUT2D eigenvalue weighted by Gasteiger charge is -2.20. The highest BCUT2D eigenvalue weighted by Crippen LogP contribution is 2.45. The van der Waals surface area contributed by atoms with E-state index in [1.165, 1.54) is 44.2 Å². The van der Waals surface area contributed by atoms with Gasteiger partial charge in [0.2, 0.25) is 0 Å². The van der Waals surface area contributed by atoms with Gasteiger partial charge in [0.05, 0.1) is 13.2 Å². The molecule has 0 saturated heterocycles. The van der Waals surface area contributed by atoms with E-state index in [4.69, 9.17) is 9.47 Å². The number of hydrogen-bond donors (Lipinski definition) is 0. The molecule has 40 heavy (non-hydrogen) atoms. The maximum Gasteiger partial charge on any atom is 0.420 e. The Hall–Kier alpha value is -2.95. The standard InChI is InChI=1S/C35H45F3O2/c1-3-5-7-9-11-15-25-39-29-20-17-19-28(27-29)30-21-13-14-22-31(30)32-23-18-24-33(34(32)35(36,37)38)40-26-16-12-10-8-6-4-2/h13-14,17-24,27H,3-12,15-16,25-26H2,1-2H3. The summed E-state index contributed by atoms with van der Waals surface area (Å²) < 4.78 is 55.2. The van der Waals surface area contributed by atoms with Crippen molar-refractivity contribution in [3.63, 3.8) is 0 Å². The third kappa shape index (κ3) is 9.91. The van der Waals surface area contributed by atoms with Crippen LogP contribution < -0.4 is 9.47 Å². The molecule has 0 aliphatic carbocycles. The fourth-order valence-electron chi connectivity index (χ4n) is 5.03. The lowest BCUT2D eigenvalue weighted by molar-refractivity contribution is -0.138. The molecule has 5 heteroatoms. The minimum atomic E-state index is -4.55. The van der Waals surface area contributed by atoms with Gasteiger partial charge in [0.15, 0.2) is 0 Å². The Bertz CT molecular complexity index is 1140. The van der Waals surface area contributed by atoms with Crippen LogP contribution in [0.4, 0.5) is 13.2 Å². The van der Waals surface area contributed by atoms with Crippen molar-refractivity contribution in [3.8, 4) is 33.8 Å². The van der Waals surface area contributed by atoms with Gasteiger partial charge in [0, 0.05) is 0 Å². The maximum absolute atomic E-state index is 14.5. The number of ether oxygens (including phenoxy) is 2. The van der Waals surface area contributed by atoms with Crippen molar-refractivity contribution in [3.05, 3.63) is 72.3 Å². The zero-order valence-corrected chi connectivity index (χ0v) is 24.2. The smallest absolute Gasteiger partial charge is 0.420 e. The Labute approximate surface area is 238 Å². The summed E-state index contributed by atoms with van der Waals surface area (Å²) in [4.78, 5) is 0. The van der Waals surface area contributed by atoms with Gasteiger partial charge in [0.1, 0.15) is 17.1 Å². The molecule has 0 aromatic heterocycles. The lowest BCUT2D eigenvalue weighted by Crippen LogP contribution is -2.11. The minimum absolute atomic E-state index is 0.107. The van der Waals surface area contributed by atoms with Crippen LogP contribution in [0.5, 0.6) is 11.5 Å². The van der Waals surface area contributed by atoms with Gasteiger partial charge in [-0.15, -0.1) is 0 Å². The first-order valence-corrected chi connectivity index (χ1v) is 15.1. The van der Waals surface area contributed by atoms with E-state index in [2.05, 4.69) is 13.8 Å². The first-order chi connectivity index (χ1) is 19.5. The van der Waals surface area contributed by atoms with Crippen LogP contribution in [0.15, 0.2) is 66.7 Å². The van der Waals surface area contributed by atoms with Crippen LogP contribution >= 0.6 is 0 Å². The van der Waals surface area contributed by atoms with Gasteiger partial charge < -0.3 is 9.47 Å². The first kappa shape index (κ1) is 31.6. The molecule has 0 amide bonds. The first-order valence-electron chi connectivity index (χ1n) is 15.1. The van der Waals surface area contributed by atoms with Crippen molar-refractivity contribution < 1.29 is 22.6 Å². The Morgan fingerprint density at radius 2 is 1.10 bits per heavy atom. The van der Waals surface area contributed by atoms with E-state index in [0.29, 0.717) is 12.2 Å². The van der Waals surface area contributed by atoms with Crippen molar-refractivity contribution in [1.82, 2.24) is 0 Å². The molecule has 0 radical (unpaired) electrons. The van der Waals surface area contributed by atoms with Crippen molar-refractivity contribution in [1.29, 1.82) is 0 Å². The summed E-state index contributed by atoms with van der Waals surface area (Å²) in [5.41, 5.74) is 1.48. The van der Waals surface area contributed by atoms with E-state index in [0.717, 1.165) is 61.8 Å². The van der Waals surface area contributed by atoms with Gasteiger partial charge in [-0.05, 0) is 53.3 Å². The topological polar surface area (TPSA) is 18.5 Å². The summed E-state index contributed by atoms with van der Waals surface area (Å²) in [5.74, 6) is 0.623. The SMILES string of the molecule is CCCCCCCCOc1cccc(-c2ccccc2-c2cccc(OCCCCCCCC)c2C(F)(F)F)c1. The molecule has 218 valence electrons. The number of benzene rings is 3. The molecule has 0 fully saturated rings. The monoisotopic (exact) mass is 554 g/mol. The van der Waals surface area contributed by atoms with Crippen molar-refractivity contribution >= 4 is 0 Å². The summed E-state index contributed by atoms with van der Waals surface area (Å²) in [6.45, 7) is 5.28. The number of hydrogen-bond acceptors (Lipinski definition) is 2. The highest BCUT2D eigenvalue weighted by molar-refractivity contribution is 5.86. The molecular formula is C35H45F3O2. The van der Waals surface area contributed by atoms with Crippen LogP contribution in [0.25, 0.3) is 22.3 Å². The van der Waals surface area contributed by atoms with Crippen LogP contribution in [0, 0.1) is 0 Å². The molecule has 0 bridgehead atoms. The normalized spacial score (nSPS) is 11.5. The van der Waals surface area contributed by atoms with Crippen molar-refractivity contribution in [2.75, 3.05) is 13.2 Å². The molecule has 0 saturated carbocycles. The summed E-state index contributed by atoms with van der Waals surface area (Å²) in [5, 5.41) is 0. The largest absolute Gasteiger partial charge is 0.494 e. The highest BCUT2D eigenvalue weighted by Gasteiger charge is 2.38. The van der Waals surface area contributed by atoms with E-state index in [1.54, 1.807) is 18.2 Å². The van der Waals surface area contributed by atoms with Crippen LogP contribution in [-0.4, -0.2) is 13.2 Å². The average Bonchev–Trinajstić information content (AvgIpc) is 2.95. The molecule has 0 atom stereocenters. The molecule has 3 aromatic rings. The predicted octanol–water partition coefficient (Wildman–Crippen LogP) is 11.5. The van der Waals surface area contributed by atoms with E-state index in [9.17, 15) is 13.2 Å². The predicted molar refractivity (Wildman–Crippen MR) is 160 cm³/mol. The number of rotatable bonds is 18. The molecule has 3 rings (SSSR count). The van der Waals surface area contributed by atoms with Crippen LogP contribution in [0.2, 0.25) is 0 Å². The molecule has 0 unspecified atom stereocenters. The van der Waals surface area contributed by atoms with E-state index < -0.39 is 11.7 Å². The Balaban J connectivity index is 1.79. The Morgan fingerprint density at radius 1 is 0.550 bits per heavy atom. The minimum Gasteiger partial charge on any atom is -0.494 e. The molecule has 3 aromatic carbocycles.